The zero-order valence-electron chi connectivity index (χ0n) is 15.8. The molecule has 0 fully saturated rings. The minimum absolute atomic E-state index is 0.146. The lowest BCUT2D eigenvalue weighted by molar-refractivity contribution is -0.129. The molecule has 0 aliphatic rings. The number of carbonyl (C=O) groups is 1. The van der Waals surface area contributed by atoms with Crippen LogP contribution in [0.2, 0.25) is 0 Å². The van der Waals surface area contributed by atoms with Crippen LogP contribution in [0, 0.1) is 5.82 Å². The molecule has 1 aromatic carbocycles. The summed E-state index contributed by atoms with van der Waals surface area (Å²) in [5, 5.41) is 20.5. The molecule has 0 saturated heterocycles. The van der Waals surface area contributed by atoms with Gasteiger partial charge in [-0.25, -0.2) is 4.39 Å². The number of ether oxygens (including phenoxy) is 1. The van der Waals surface area contributed by atoms with Crippen molar-refractivity contribution in [2.45, 2.75) is 38.8 Å². The van der Waals surface area contributed by atoms with Gasteiger partial charge in [0.25, 0.3) is 0 Å². The van der Waals surface area contributed by atoms with Gasteiger partial charge in [0.15, 0.2) is 11.5 Å². The van der Waals surface area contributed by atoms with Crippen molar-refractivity contribution in [2.24, 2.45) is 0 Å². The maximum Gasteiger partial charge on any atom is 0.228 e. The summed E-state index contributed by atoms with van der Waals surface area (Å²) >= 11 is 0. The normalized spacial score (nSPS) is 11.9. The molecule has 1 unspecified atom stereocenters. The third kappa shape index (κ3) is 5.40. The van der Waals surface area contributed by atoms with E-state index in [2.05, 4.69) is 4.98 Å². The second-order valence-corrected chi connectivity index (χ2v) is 6.40. The number of rotatable bonds is 8. The number of benzene rings is 1. The number of amides is 1. The first-order chi connectivity index (χ1) is 12.8. The number of hydrogen-bond acceptors (Lipinski definition) is 5. The minimum atomic E-state index is -0.796. The lowest BCUT2D eigenvalue weighted by Crippen LogP contribution is -2.28. The Morgan fingerprint density at radius 2 is 2.00 bits per heavy atom. The number of likely N-dealkylation sites (N-methyl/N-ethyl adjacent to an activating group) is 1. The fourth-order valence-electron chi connectivity index (χ4n) is 2.69. The van der Waals surface area contributed by atoms with Crippen molar-refractivity contribution >= 4 is 5.91 Å². The number of aromatic nitrogens is 1. The second-order valence-electron chi connectivity index (χ2n) is 6.40. The Labute approximate surface area is 158 Å². The van der Waals surface area contributed by atoms with E-state index in [1.54, 1.807) is 19.2 Å². The van der Waals surface area contributed by atoms with Crippen LogP contribution in [0.1, 0.15) is 42.8 Å². The number of nitrogens with zero attached hydrogens (tertiary/aromatic N) is 2. The summed E-state index contributed by atoms with van der Waals surface area (Å²) in [7, 11) is 3.02. The number of pyridine rings is 1. The van der Waals surface area contributed by atoms with E-state index in [-0.39, 0.29) is 35.3 Å². The zero-order chi connectivity index (χ0) is 20.0. The quantitative estimate of drug-likeness (QED) is 0.740. The van der Waals surface area contributed by atoms with E-state index in [1.165, 1.54) is 30.2 Å². The average Bonchev–Trinajstić information content (AvgIpc) is 2.65. The lowest BCUT2D eigenvalue weighted by Gasteiger charge is -2.19. The molecule has 0 radical (unpaired) electrons. The molecule has 1 heterocycles. The van der Waals surface area contributed by atoms with Crippen molar-refractivity contribution in [3.63, 3.8) is 0 Å². The Bertz CT molecular complexity index is 780. The minimum Gasteiger partial charge on any atom is -0.503 e. The molecule has 0 saturated carbocycles. The highest BCUT2D eigenvalue weighted by atomic mass is 19.1. The highest BCUT2D eigenvalue weighted by molar-refractivity contribution is 5.79. The Balaban J connectivity index is 2.17. The molecule has 1 atom stereocenters. The van der Waals surface area contributed by atoms with E-state index in [0.29, 0.717) is 18.7 Å². The third-order valence-corrected chi connectivity index (χ3v) is 4.25. The van der Waals surface area contributed by atoms with Gasteiger partial charge in [0, 0.05) is 19.7 Å². The Hall–Kier alpha value is -2.67. The molecule has 6 nitrogen and oxygen atoms in total. The van der Waals surface area contributed by atoms with Gasteiger partial charge in [-0.3, -0.25) is 9.78 Å². The standard InChI is InChI=1S/C20H25FN2O4/c1-4-5-17(24)15-10-18(27-3)20(26)16(22-15)11-19(25)23(2)12-13-6-8-14(21)9-7-13/h6-10,17,24,26H,4-5,11-12H2,1-3H3. The van der Waals surface area contributed by atoms with E-state index >= 15 is 0 Å². The first-order valence-electron chi connectivity index (χ1n) is 8.78. The van der Waals surface area contributed by atoms with Crippen molar-refractivity contribution < 1.29 is 24.1 Å². The predicted molar refractivity (Wildman–Crippen MR) is 98.9 cm³/mol. The first-order valence-corrected chi connectivity index (χ1v) is 8.78. The summed E-state index contributed by atoms with van der Waals surface area (Å²) in [5.74, 6) is -0.657. The molecular formula is C20H25FN2O4. The number of methoxy groups -OCH3 is 1. The Morgan fingerprint density at radius 1 is 1.33 bits per heavy atom. The maximum absolute atomic E-state index is 13.0. The molecule has 0 aliphatic heterocycles. The summed E-state index contributed by atoms with van der Waals surface area (Å²) in [6.45, 7) is 2.24. The van der Waals surface area contributed by atoms with Crippen molar-refractivity contribution in [1.82, 2.24) is 9.88 Å². The Morgan fingerprint density at radius 3 is 2.59 bits per heavy atom. The largest absolute Gasteiger partial charge is 0.503 e. The van der Waals surface area contributed by atoms with E-state index in [0.717, 1.165) is 12.0 Å². The molecule has 0 bridgehead atoms. The highest BCUT2D eigenvalue weighted by Crippen LogP contribution is 2.32. The topological polar surface area (TPSA) is 82.9 Å². The van der Waals surface area contributed by atoms with Crippen LogP contribution in [0.4, 0.5) is 4.39 Å². The molecule has 2 rings (SSSR count). The summed E-state index contributed by atoms with van der Waals surface area (Å²) in [6, 6.07) is 7.38. The maximum atomic E-state index is 13.0. The molecule has 1 aromatic heterocycles. The van der Waals surface area contributed by atoms with Crippen molar-refractivity contribution in [2.75, 3.05) is 14.2 Å². The molecule has 2 N–H and O–H groups in total. The van der Waals surface area contributed by atoms with Gasteiger partial charge >= 0.3 is 0 Å². The lowest BCUT2D eigenvalue weighted by atomic mass is 10.1. The van der Waals surface area contributed by atoms with Crippen LogP contribution in [0.15, 0.2) is 30.3 Å². The van der Waals surface area contributed by atoms with E-state index < -0.39 is 6.10 Å². The van der Waals surface area contributed by atoms with Crippen LogP contribution in [-0.4, -0.2) is 40.2 Å². The number of aromatic hydroxyl groups is 1. The van der Waals surface area contributed by atoms with Gasteiger partial charge in [0.05, 0.1) is 31.0 Å². The van der Waals surface area contributed by atoms with Crippen LogP contribution < -0.4 is 4.74 Å². The molecule has 0 spiro atoms. The first kappa shape index (κ1) is 20.6. The van der Waals surface area contributed by atoms with E-state index in [4.69, 9.17) is 4.74 Å². The van der Waals surface area contributed by atoms with Gasteiger partial charge < -0.3 is 19.8 Å². The fourth-order valence-corrected chi connectivity index (χ4v) is 2.69. The number of aliphatic hydroxyl groups excluding tert-OH is 1. The van der Waals surface area contributed by atoms with Crippen LogP contribution in [-0.2, 0) is 17.8 Å². The molecule has 27 heavy (non-hydrogen) atoms. The molecule has 1 amide bonds. The zero-order valence-corrected chi connectivity index (χ0v) is 15.8. The van der Waals surface area contributed by atoms with Gasteiger partial charge in [0.1, 0.15) is 5.82 Å². The molecule has 146 valence electrons. The predicted octanol–water partition coefficient (Wildman–Crippen LogP) is 2.97. The summed E-state index contributed by atoms with van der Waals surface area (Å²) in [6.07, 6.45) is 0.335. The van der Waals surface area contributed by atoms with Gasteiger partial charge in [-0.2, -0.15) is 0 Å². The molecule has 7 heteroatoms. The van der Waals surface area contributed by atoms with Crippen molar-refractivity contribution in [3.05, 3.63) is 53.1 Å². The Kier molecular flexibility index (Phi) is 7.12. The smallest absolute Gasteiger partial charge is 0.228 e. The number of carbonyl (C=O) groups excluding carboxylic acids is 1. The average molecular weight is 376 g/mol. The van der Waals surface area contributed by atoms with Crippen LogP contribution in [0.5, 0.6) is 11.5 Å². The molecule has 2 aromatic rings. The number of hydrogen-bond donors (Lipinski definition) is 2. The summed E-state index contributed by atoms with van der Waals surface area (Å²) in [4.78, 5) is 18.3. The van der Waals surface area contributed by atoms with Crippen LogP contribution >= 0.6 is 0 Å². The monoisotopic (exact) mass is 376 g/mol. The van der Waals surface area contributed by atoms with E-state index in [9.17, 15) is 19.4 Å². The third-order valence-electron chi connectivity index (χ3n) is 4.25. The van der Waals surface area contributed by atoms with E-state index in [1.807, 2.05) is 6.92 Å². The van der Waals surface area contributed by atoms with Gasteiger partial charge in [-0.1, -0.05) is 25.5 Å². The number of halogens is 1. The van der Waals surface area contributed by atoms with Gasteiger partial charge in [0.2, 0.25) is 5.91 Å². The van der Waals surface area contributed by atoms with Crippen LogP contribution in [0.25, 0.3) is 0 Å². The molecule has 0 aliphatic carbocycles. The van der Waals surface area contributed by atoms with Gasteiger partial charge in [-0.15, -0.1) is 0 Å². The summed E-state index contributed by atoms with van der Waals surface area (Å²) in [5.41, 5.74) is 1.29. The highest BCUT2D eigenvalue weighted by Gasteiger charge is 2.20. The molecular weight excluding hydrogens is 351 g/mol. The second kappa shape index (κ2) is 9.32. The van der Waals surface area contributed by atoms with Crippen molar-refractivity contribution in [3.8, 4) is 11.5 Å². The fraction of sp³-hybridized carbons (Fsp3) is 0.400. The number of aliphatic hydroxyl groups is 1. The SMILES string of the molecule is CCCC(O)c1cc(OC)c(O)c(CC(=O)N(C)Cc2ccc(F)cc2)n1. The van der Waals surface area contributed by atoms with Crippen LogP contribution in [0.3, 0.4) is 0 Å². The summed E-state index contributed by atoms with van der Waals surface area (Å²) < 4.78 is 18.1. The van der Waals surface area contributed by atoms with Crippen molar-refractivity contribution in [1.29, 1.82) is 0 Å². The van der Waals surface area contributed by atoms with Gasteiger partial charge in [-0.05, 0) is 24.1 Å².